The van der Waals surface area contributed by atoms with E-state index in [-0.39, 0.29) is 0 Å². The van der Waals surface area contributed by atoms with E-state index in [4.69, 9.17) is 11.5 Å². The lowest BCUT2D eigenvalue weighted by Crippen LogP contribution is -2.15. The highest BCUT2D eigenvalue weighted by atomic mass is 79.9. The number of nitrogens with two attached hydrogens (primary N) is 2. The molecule has 0 aliphatic carbocycles. The van der Waals surface area contributed by atoms with Crippen LogP contribution in [-0.2, 0) is 6.54 Å². The lowest BCUT2D eigenvalue weighted by atomic mass is 10.1. The van der Waals surface area contributed by atoms with Gasteiger partial charge in [0.15, 0.2) is 0 Å². The van der Waals surface area contributed by atoms with Gasteiger partial charge in [0.2, 0.25) is 0 Å². The second kappa shape index (κ2) is 5.75. The van der Waals surface area contributed by atoms with E-state index >= 15 is 0 Å². The fraction of sp³-hybridized carbons (Fsp3) is 0.0714. The summed E-state index contributed by atoms with van der Waals surface area (Å²) in [4.78, 5) is 11.4. The third-order valence-electron chi connectivity index (χ3n) is 2.78. The van der Waals surface area contributed by atoms with E-state index in [1.165, 1.54) is 0 Å². The summed E-state index contributed by atoms with van der Waals surface area (Å²) in [6.07, 6.45) is 0. The molecule has 0 spiro atoms. The molecular formula is C14H14BrN3O. The molecule has 0 fully saturated rings. The van der Waals surface area contributed by atoms with Crippen molar-refractivity contribution in [1.82, 2.24) is 0 Å². The van der Waals surface area contributed by atoms with Crippen LogP contribution in [0.5, 0.6) is 0 Å². The summed E-state index contributed by atoms with van der Waals surface area (Å²) in [5.41, 5.74) is 13.8. The Bertz CT molecular complexity index is 613. The SMILES string of the molecule is NC(=O)c1cccc(N)c1NCc1ccccc1Br. The zero-order chi connectivity index (χ0) is 13.8. The van der Waals surface area contributed by atoms with Gasteiger partial charge in [-0.2, -0.15) is 0 Å². The first-order valence-corrected chi connectivity index (χ1v) is 6.54. The van der Waals surface area contributed by atoms with Gasteiger partial charge in [0.05, 0.1) is 16.9 Å². The number of primary amides is 1. The molecule has 2 aromatic carbocycles. The van der Waals surface area contributed by atoms with Gasteiger partial charge < -0.3 is 16.8 Å². The number of rotatable bonds is 4. The molecule has 0 heterocycles. The molecule has 0 aliphatic heterocycles. The van der Waals surface area contributed by atoms with Gasteiger partial charge in [-0.05, 0) is 23.8 Å². The second-order valence-electron chi connectivity index (χ2n) is 4.08. The van der Waals surface area contributed by atoms with Gasteiger partial charge in [0, 0.05) is 11.0 Å². The normalized spacial score (nSPS) is 10.2. The molecule has 5 heteroatoms. The molecule has 0 radical (unpaired) electrons. The minimum atomic E-state index is -0.498. The fourth-order valence-corrected chi connectivity index (χ4v) is 2.22. The number of amides is 1. The van der Waals surface area contributed by atoms with Crippen LogP contribution in [0.25, 0.3) is 0 Å². The lowest BCUT2D eigenvalue weighted by Gasteiger charge is -2.13. The van der Waals surface area contributed by atoms with E-state index in [1.54, 1.807) is 18.2 Å². The van der Waals surface area contributed by atoms with E-state index in [9.17, 15) is 4.79 Å². The summed E-state index contributed by atoms with van der Waals surface area (Å²) in [5, 5.41) is 3.16. The molecule has 0 saturated heterocycles. The average molecular weight is 320 g/mol. The number of hydrogen-bond donors (Lipinski definition) is 3. The first kappa shape index (κ1) is 13.4. The van der Waals surface area contributed by atoms with Crippen molar-refractivity contribution in [3.05, 3.63) is 58.1 Å². The van der Waals surface area contributed by atoms with Crippen LogP contribution in [0.2, 0.25) is 0 Å². The van der Waals surface area contributed by atoms with E-state index in [0.717, 1.165) is 10.0 Å². The van der Waals surface area contributed by atoms with Crippen molar-refractivity contribution < 1.29 is 4.79 Å². The van der Waals surface area contributed by atoms with E-state index in [1.807, 2.05) is 24.3 Å². The van der Waals surface area contributed by atoms with Crippen LogP contribution in [0, 0.1) is 0 Å². The first-order chi connectivity index (χ1) is 9.09. The number of benzene rings is 2. The third kappa shape index (κ3) is 3.06. The van der Waals surface area contributed by atoms with Gasteiger partial charge in [-0.1, -0.05) is 40.2 Å². The van der Waals surface area contributed by atoms with Crippen molar-refractivity contribution in [2.45, 2.75) is 6.54 Å². The molecule has 2 rings (SSSR count). The Hall–Kier alpha value is -2.01. The quantitative estimate of drug-likeness (QED) is 0.758. The van der Waals surface area contributed by atoms with Crippen molar-refractivity contribution in [2.24, 2.45) is 5.73 Å². The monoisotopic (exact) mass is 319 g/mol. The third-order valence-corrected chi connectivity index (χ3v) is 3.55. The number of carbonyl (C=O) groups excluding carboxylic acids is 1. The number of halogens is 1. The summed E-state index contributed by atoms with van der Waals surface area (Å²) in [6.45, 7) is 0.552. The van der Waals surface area contributed by atoms with Gasteiger partial charge in [0.25, 0.3) is 5.91 Å². The van der Waals surface area contributed by atoms with Crippen molar-refractivity contribution in [1.29, 1.82) is 0 Å². The topological polar surface area (TPSA) is 81.1 Å². The van der Waals surface area contributed by atoms with Crippen molar-refractivity contribution in [3.8, 4) is 0 Å². The zero-order valence-electron chi connectivity index (χ0n) is 10.2. The van der Waals surface area contributed by atoms with Crippen LogP contribution in [0.15, 0.2) is 46.9 Å². The predicted molar refractivity (Wildman–Crippen MR) is 80.8 cm³/mol. The molecular weight excluding hydrogens is 306 g/mol. The van der Waals surface area contributed by atoms with Gasteiger partial charge >= 0.3 is 0 Å². The van der Waals surface area contributed by atoms with Crippen LogP contribution in [-0.4, -0.2) is 5.91 Å². The van der Waals surface area contributed by atoms with Crippen molar-refractivity contribution in [3.63, 3.8) is 0 Å². The van der Waals surface area contributed by atoms with Crippen LogP contribution < -0.4 is 16.8 Å². The smallest absolute Gasteiger partial charge is 0.250 e. The van der Waals surface area contributed by atoms with Crippen LogP contribution in [0.4, 0.5) is 11.4 Å². The number of carbonyl (C=O) groups is 1. The number of anilines is 2. The van der Waals surface area contributed by atoms with Crippen molar-refractivity contribution in [2.75, 3.05) is 11.1 Å². The number of para-hydroxylation sites is 1. The minimum Gasteiger partial charge on any atom is -0.397 e. The Morgan fingerprint density at radius 3 is 2.58 bits per heavy atom. The molecule has 4 nitrogen and oxygen atoms in total. The Morgan fingerprint density at radius 2 is 1.89 bits per heavy atom. The van der Waals surface area contributed by atoms with Crippen LogP contribution >= 0.6 is 15.9 Å². The average Bonchev–Trinajstić information content (AvgIpc) is 2.38. The Morgan fingerprint density at radius 1 is 1.16 bits per heavy atom. The maximum Gasteiger partial charge on any atom is 0.250 e. The van der Waals surface area contributed by atoms with E-state index < -0.39 is 5.91 Å². The molecule has 0 aromatic heterocycles. The van der Waals surface area contributed by atoms with Crippen LogP contribution in [0.3, 0.4) is 0 Å². The lowest BCUT2D eigenvalue weighted by molar-refractivity contribution is 0.100. The molecule has 0 bridgehead atoms. The summed E-state index contributed by atoms with van der Waals surface area (Å²) >= 11 is 3.47. The summed E-state index contributed by atoms with van der Waals surface area (Å²) in [5.74, 6) is -0.498. The van der Waals surface area contributed by atoms with E-state index in [2.05, 4.69) is 21.2 Å². The zero-order valence-corrected chi connectivity index (χ0v) is 11.8. The first-order valence-electron chi connectivity index (χ1n) is 5.75. The Kier molecular flexibility index (Phi) is 4.06. The van der Waals surface area contributed by atoms with Crippen molar-refractivity contribution >= 4 is 33.2 Å². The van der Waals surface area contributed by atoms with Gasteiger partial charge in [-0.3, -0.25) is 4.79 Å². The predicted octanol–water partition coefficient (Wildman–Crippen LogP) is 2.74. The molecule has 1 amide bonds. The number of nitrogen functional groups attached to an aromatic ring is 1. The summed E-state index contributed by atoms with van der Waals surface area (Å²) in [7, 11) is 0. The highest BCUT2D eigenvalue weighted by Gasteiger charge is 2.10. The maximum absolute atomic E-state index is 11.4. The van der Waals surface area contributed by atoms with E-state index in [0.29, 0.717) is 23.5 Å². The van der Waals surface area contributed by atoms with Gasteiger partial charge in [-0.15, -0.1) is 0 Å². The molecule has 98 valence electrons. The highest BCUT2D eigenvalue weighted by Crippen LogP contribution is 2.25. The molecule has 5 N–H and O–H groups in total. The minimum absolute atomic E-state index is 0.395. The molecule has 19 heavy (non-hydrogen) atoms. The van der Waals surface area contributed by atoms with Crippen LogP contribution in [0.1, 0.15) is 15.9 Å². The maximum atomic E-state index is 11.4. The standard InChI is InChI=1S/C14H14BrN3O/c15-11-6-2-1-4-9(11)8-18-13-10(14(17)19)5-3-7-12(13)16/h1-7,18H,8,16H2,(H2,17,19). The van der Waals surface area contributed by atoms with Gasteiger partial charge in [-0.25, -0.2) is 0 Å². The summed E-state index contributed by atoms with van der Waals surface area (Å²) in [6, 6.07) is 12.9. The summed E-state index contributed by atoms with van der Waals surface area (Å²) < 4.78 is 0.998. The fourth-order valence-electron chi connectivity index (χ4n) is 1.80. The largest absolute Gasteiger partial charge is 0.397 e. The number of hydrogen-bond acceptors (Lipinski definition) is 3. The molecule has 2 aromatic rings. The molecule has 0 atom stereocenters. The van der Waals surface area contributed by atoms with Gasteiger partial charge in [0.1, 0.15) is 0 Å². The molecule has 0 aliphatic rings. The Labute approximate surface area is 119 Å². The second-order valence-corrected chi connectivity index (χ2v) is 4.93. The number of nitrogens with one attached hydrogen (secondary N) is 1. The molecule has 0 unspecified atom stereocenters. The highest BCUT2D eigenvalue weighted by molar-refractivity contribution is 9.10. The molecule has 0 saturated carbocycles. The Balaban J connectivity index is 2.25.